The lowest BCUT2D eigenvalue weighted by Crippen LogP contribution is -2.32. The van der Waals surface area contributed by atoms with Crippen LogP contribution in [0.3, 0.4) is 0 Å². The Morgan fingerprint density at radius 1 is 1.55 bits per heavy atom. The molecular weight excluding hydrogens is 299 g/mol. The normalized spacial score (nSPS) is 13.3. The maximum absolute atomic E-state index is 12.2. The molecule has 1 aromatic heterocycles. The first-order valence-electron chi connectivity index (χ1n) is 5.91. The molecule has 1 N–H and O–H groups in total. The van der Waals surface area contributed by atoms with E-state index in [-0.39, 0.29) is 21.4 Å². The van der Waals surface area contributed by atoms with Gasteiger partial charge in [0.2, 0.25) is 0 Å². The molecule has 5 nitrogen and oxygen atoms in total. The van der Waals surface area contributed by atoms with Crippen LogP contribution in [0.1, 0.15) is 13.8 Å². The van der Waals surface area contributed by atoms with Gasteiger partial charge in [-0.25, -0.2) is 4.68 Å². The van der Waals surface area contributed by atoms with Crippen molar-refractivity contribution >= 4 is 17.3 Å². The number of alkyl halides is 3. The van der Waals surface area contributed by atoms with Crippen molar-refractivity contribution in [3.8, 4) is 0 Å². The van der Waals surface area contributed by atoms with E-state index in [1.54, 1.807) is 6.92 Å². The number of anilines is 1. The van der Waals surface area contributed by atoms with Gasteiger partial charge in [-0.15, -0.1) is 0 Å². The first-order valence-corrected chi connectivity index (χ1v) is 6.29. The van der Waals surface area contributed by atoms with E-state index in [0.29, 0.717) is 13.2 Å². The molecule has 0 radical (unpaired) electrons. The van der Waals surface area contributed by atoms with Crippen molar-refractivity contribution in [1.82, 2.24) is 9.78 Å². The molecule has 1 atom stereocenters. The van der Waals surface area contributed by atoms with Gasteiger partial charge in [0.25, 0.3) is 5.56 Å². The third kappa shape index (κ3) is 5.01. The summed E-state index contributed by atoms with van der Waals surface area (Å²) in [6, 6.07) is -0.160. The number of aromatic nitrogens is 2. The van der Waals surface area contributed by atoms with Crippen molar-refractivity contribution in [1.29, 1.82) is 0 Å². The Kier molecular flexibility index (Phi) is 5.82. The summed E-state index contributed by atoms with van der Waals surface area (Å²) in [6.07, 6.45) is -3.44. The molecule has 1 unspecified atom stereocenters. The summed E-state index contributed by atoms with van der Waals surface area (Å²) < 4.78 is 42.1. The van der Waals surface area contributed by atoms with Gasteiger partial charge in [-0.1, -0.05) is 11.6 Å². The number of hydrogen-bond donors (Lipinski definition) is 1. The Labute approximate surface area is 118 Å². The molecule has 0 aliphatic carbocycles. The van der Waals surface area contributed by atoms with Crippen molar-refractivity contribution in [3.63, 3.8) is 0 Å². The minimum Gasteiger partial charge on any atom is -0.380 e. The maximum Gasteiger partial charge on any atom is 0.408 e. The van der Waals surface area contributed by atoms with E-state index >= 15 is 0 Å². The molecule has 0 aliphatic rings. The summed E-state index contributed by atoms with van der Waals surface area (Å²) >= 11 is 5.76. The van der Waals surface area contributed by atoms with Crippen LogP contribution in [0.25, 0.3) is 0 Å². The van der Waals surface area contributed by atoms with E-state index in [9.17, 15) is 18.0 Å². The lowest BCUT2D eigenvalue weighted by atomic mass is 10.3. The zero-order chi connectivity index (χ0) is 15.3. The van der Waals surface area contributed by atoms with E-state index in [0.717, 1.165) is 6.20 Å². The summed E-state index contributed by atoms with van der Waals surface area (Å²) in [4.78, 5) is 11.7. The zero-order valence-corrected chi connectivity index (χ0v) is 11.8. The van der Waals surface area contributed by atoms with Gasteiger partial charge in [-0.3, -0.25) is 4.79 Å². The average molecular weight is 314 g/mol. The second-order valence-electron chi connectivity index (χ2n) is 4.16. The highest BCUT2D eigenvalue weighted by Crippen LogP contribution is 2.19. The van der Waals surface area contributed by atoms with E-state index in [2.05, 4.69) is 10.4 Å². The van der Waals surface area contributed by atoms with E-state index < -0.39 is 18.3 Å². The number of halogens is 4. The van der Waals surface area contributed by atoms with Crippen LogP contribution in [0.2, 0.25) is 5.02 Å². The molecule has 20 heavy (non-hydrogen) atoms. The summed E-state index contributed by atoms with van der Waals surface area (Å²) in [5, 5.41) is 5.99. The highest BCUT2D eigenvalue weighted by Gasteiger charge is 2.29. The van der Waals surface area contributed by atoms with Gasteiger partial charge in [-0.05, 0) is 13.8 Å². The van der Waals surface area contributed by atoms with Gasteiger partial charge < -0.3 is 10.1 Å². The number of nitrogens with zero attached hydrogens (tertiary/aromatic N) is 2. The van der Waals surface area contributed by atoms with Gasteiger partial charge in [0.05, 0.1) is 18.5 Å². The molecule has 114 valence electrons. The fraction of sp³-hybridized carbons (Fsp3) is 0.636. The van der Waals surface area contributed by atoms with Crippen molar-refractivity contribution in [2.75, 3.05) is 18.5 Å². The predicted molar refractivity (Wildman–Crippen MR) is 69.1 cm³/mol. The quantitative estimate of drug-likeness (QED) is 0.875. The number of rotatable bonds is 6. The first kappa shape index (κ1) is 16.8. The lowest BCUT2D eigenvalue weighted by molar-refractivity contribution is -0.143. The smallest absolute Gasteiger partial charge is 0.380 e. The SMILES string of the molecule is CCOCC(C)Nc1cnn(CC(F)(F)F)c(=O)c1Cl. The van der Waals surface area contributed by atoms with Crippen molar-refractivity contribution in [3.05, 3.63) is 21.6 Å². The van der Waals surface area contributed by atoms with E-state index in [1.807, 2.05) is 6.92 Å². The molecule has 0 aromatic carbocycles. The van der Waals surface area contributed by atoms with Gasteiger partial charge in [-0.2, -0.15) is 18.3 Å². The van der Waals surface area contributed by atoms with Gasteiger partial charge >= 0.3 is 6.18 Å². The molecule has 9 heteroatoms. The van der Waals surface area contributed by atoms with Crippen LogP contribution in [0.15, 0.2) is 11.0 Å². The van der Waals surface area contributed by atoms with Crippen molar-refractivity contribution < 1.29 is 17.9 Å². The Hall–Kier alpha value is -1.28. The predicted octanol–water partition coefficient (Wildman–Crippen LogP) is 2.30. The molecule has 0 aliphatic heterocycles. The number of nitrogens with one attached hydrogen (secondary N) is 1. The van der Waals surface area contributed by atoms with Crippen LogP contribution in [-0.4, -0.2) is 35.2 Å². The Bertz CT molecular complexity index is 505. The third-order valence-corrected chi connectivity index (χ3v) is 2.65. The third-order valence-electron chi connectivity index (χ3n) is 2.29. The van der Waals surface area contributed by atoms with Crippen molar-refractivity contribution in [2.24, 2.45) is 0 Å². The average Bonchev–Trinajstić information content (AvgIpc) is 2.34. The molecular formula is C11H15ClF3N3O2. The zero-order valence-electron chi connectivity index (χ0n) is 11.0. The molecule has 1 heterocycles. The van der Waals surface area contributed by atoms with Crippen LogP contribution in [0, 0.1) is 0 Å². The number of ether oxygens (including phenoxy) is 1. The fourth-order valence-corrected chi connectivity index (χ4v) is 1.65. The van der Waals surface area contributed by atoms with Crippen LogP contribution >= 0.6 is 11.6 Å². The highest BCUT2D eigenvalue weighted by molar-refractivity contribution is 6.32. The maximum atomic E-state index is 12.2. The Balaban J connectivity index is 2.86. The van der Waals surface area contributed by atoms with Gasteiger partial charge in [0, 0.05) is 12.6 Å². The minimum absolute atomic E-state index is 0.160. The van der Waals surface area contributed by atoms with E-state index in [4.69, 9.17) is 16.3 Å². The monoisotopic (exact) mass is 313 g/mol. The molecule has 0 amide bonds. The van der Waals surface area contributed by atoms with Crippen molar-refractivity contribution in [2.45, 2.75) is 32.6 Å². The first-order chi connectivity index (χ1) is 9.24. The lowest BCUT2D eigenvalue weighted by Gasteiger charge is -2.16. The molecule has 0 fully saturated rings. The van der Waals surface area contributed by atoms with Crippen LogP contribution in [0.4, 0.5) is 18.9 Å². The second-order valence-corrected chi connectivity index (χ2v) is 4.53. The second kappa shape index (κ2) is 6.94. The summed E-state index contributed by atoms with van der Waals surface area (Å²) in [6.45, 7) is 3.05. The molecule has 1 rings (SSSR count). The summed E-state index contributed by atoms with van der Waals surface area (Å²) in [5.41, 5.74) is -0.806. The summed E-state index contributed by atoms with van der Waals surface area (Å²) in [7, 11) is 0. The largest absolute Gasteiger partial charge is 0.408 e. The molecule has 1 aromatic rings. The summed E-state index contributed by atoms with van der Waals surface area (Å²) in [5.74, 6) is 0. The minimum atomic E-state index is -4.53. The highest BCUT2D eigenvalue weighted by atomic mass is 35.5. The molecule has 0 saturated heterocycles. The van der Waals surface area contributed by atoms with E-state index in [1.165, 1.54) is 0 Å². The van der Waals surface area contributed by atoms with Crippen LogP contribution in [-0.2, 0) is 11.3 Å². The van der Waals surface area contributed by atoms with Crippen LogP contribution in [0.5, 0.6) is 0 Å². The molecule has 0 bridgehead atoms. The number of hydrogen-bond acceptors (Lipinski definition) is 4. The van der Waals surface area contributed by atoms with Gasteiger partial charge in [0.1, 0.15) is 11.6 Å². The fourth-order valence-electron chi connectivity index (χ4n) is 1.45. The van der Waals surface area contributed by atoms with Crippen LogP contribution < -0.4 is 10.9 Å². The molecule has 0 spiro atoms. The molecule has 0 saturated carbocycles. The van der Waals surface area contributed by atoms with Gasteiger partial charge in [0.15, 0.2) is 0 Å². The Morgan fingerprint density at radius 3 is 2.75 bits per heavy atom. The topological polar surface area (TPSA) is 56.1 Å². The Morgan fingerprint density at radius 2 is 2.20 bits per heavy atom. The standard InChI is InChI=1S/C11H15ClF3N3O2/c1-3-20-5-7(2)17-8-4-16-18(6-11(13,14)15)10(19)9(8)12/h4,7,17H,3,5-6H2,1-2H3.